The lowest BCUT2D eigenvalue weighted by molar-refractivity contribution is 0.296. The molecule has 1 aromatic heterocycles. The van der Waals surface area contributed by atoms with Crippen molar-refractivity contribution in [3.8, 4) is 5.75 Å². The summed E-state index contributed by atoms with van der Waals surface area (Å²) in [6.45, 7) is 2.10. The zero-order chi connectivity index (χ0) is 13.8. The first-order valence-electron chi connectivity index (χ1n) is 5.69. The molecule has 100 valence electrons. The Balaban J connectivity index is 2.16. The van der Waals surface area contributed by atoms with Gasteiger partial charge in [0.1, 0.15) is 18.2 Å². The van der Waals surface area contributed by atoms with Gasteiger partial charge in [0.15, 0.2) is 0 Å². The molecular formula is C14H12Br2FNO. The van der Waals surface area contributed by atoms with Crippen molar-refractivity contribution in [1.82, 2.24) is 4.98 Å². The van der Waals surface area contributed by atoms with Gasteiger partial charge in [0.2, 0.25) is 0 Å². The zero-order valence-corrected chi connectivity index (χ0v) is 13.5. The minimum Gasteiger partial charge on any atom is -0.487 e. The highest BCUT2D eigenvalue weighted by Crippen LogP contribution is 2.22. The molecule has 0 saturated heterocycles. The van der Waals surface area contributed by atoms with Gasteiger partial charge in [-0.1, -0.05) is 31.9 Å². The molecule has 0 fully saturated rings. The van der Waals surface area contributed by atoms with Crippen LogP contribution in [0.15, 0.2) is 34.8 Å². The summed E-state index contributed by atoms with van der Waals surface area (Å²) < 4.78 is 20.1. The summed E-state index contributed by atoms with van der Waals surface area (Å²) in [6, 6.07) is 8.52. The van der Waals surface area contributed by atoms with Gasteiger partial charge >= 0.3 is 0 Å². The maximum atomic E-state index is 13.6. The monoisotopic (exact) mass is 387 g/mol. The molecule has 0 aliphatic heterocycles. The van der Waals surface area contributed by atoms with Gasteiger partial charge in [-0.3, -0.25) is 4.98 Å². The van der Waals surface area contributed by atoms with Crippen LogP contribution in [0.4, 0.5) is 4.39 Å². The summed E-state index contributed by atoms with van der Waals surface area (Å²) >= 11 is 6.69. The lowest BCUT2D eigenvalue weighted by atomic mass is 10.2. The Morgan fingerprint density at radius 2 is 2.05 bits per heavy atom. The number of hydrogen-bond donors (Lipinski definition) is 0. The maximum absolute atomic E-state index is 13.6. The van der Waals surface area contributed by atoms with Gasteiger partial charge in [0.25, 0.3) is 0 Å². The van der Waals surface area contributed by atoms with E-state index in [9.17, 15) is 4.39 Å². The van der Waals surface area contributed by atoms with E-state index < -0.39 is 0 Å². The topological polar surface area (TPSA) is 22.1 Å². The number of nitrogens with zero attached hydrogens (tertiary/aromatic N) is 1. The van der Waals surface area contributed by atoms with Crippen molar-refractivity contribution in [3.63, 3.8) is 0 Å². The van der Waals surface area contributed by atoms with Crippen LogP contribution in [0.25, 0.3) is 0 Å². The van der Waals surface area contributed by atoms with Gasteiger partial charge in [-0.25, -0.2) is 4.39 Å². The fraction of sp³-hybridized carbons (Fsp3) is 0.214. The van der Waals surface area contributed by atoms with Crippen LogP contribution < -0.4 is 4.74 Å². The number of aromatic nitrogens is 1. The number of halogens is 3. The number of rotatable bonds is 4. The molecule has 0 N–H and O–H groups in total. The lowest BCUT2D eigenvalue weighted by Crippen LogP contribution is -2.02. The van der Waals surface area contributed by atoms with Crippen molar-refractivity contribution in [2.75, 3.05) is 0 Å². The van der Waals surface area contributed by atoms with Crippen molar-refractivity contribution in [1.29, 1.82) is 0 Å². The molecular weight excluding hydrogens is 377 g/mol. The van der Waals surface area contributed by atoms with E-state index in [1.54, 1.807) is 12.1 Å². The molecule has 19 heavy (non-hydrogen) atoms. The van der Waals surface area contributed by atoms with Crippen LogP contribution in [0.3, 0.4) is 0 Å². The van der Waals surface area contributed by atoms with E-state index in [2.05, 4.69) is 36.8 Å². The maximum Gasteiger partial charge on any atom is 0.142 e. The average Bonchev–Trinajstić information content (AvgIpc) is 2.40. The molecule has 0 spiro atoms. The molecule has 1 aromatic carbocycles. The van der Waals surface area contributed by atoms with E-state index in [4.69, 9.17) is 4.74 Å². The van der Waals surface area contributed by atoms with E-state index >= 15 is 0 Å². The number of hydrogen-bond acceptors (Lipinski definition) is 2. The van der Waals surface area contributed by atoms with Gasteiger partial charge in [-0.05, 0) is 37.3 Å². The number of aryl methyl sites for hydroxylation is 1. The van der Waals surface area contributed by atoms with E-state index in [1.807, 2.05) is 19.1 Å². The summed E-state index contributed by atoms with van der Waals surface area (Å²) in [4.78, 5) is 4.37. The van der Waals surface area contributed by atoms with Crippen LogP contribution in [-0.4, -0.2) is 4.98 Å². The standard InChI is InChI=1S/C14H12Br2FNO/c1-9-2-5-14(13(7-15)18-9)19-8-10-6-11(16)3-4-12(10)17/h2-6H,7-8H2,1H3. The summed E-state index contributed by atoms with van der Waals surface area (Å²) in [5, 5.41) is 0.602. The predicted molar refractivity (Wildman–Crippen MR) is 80.0 cm³/mol. The molecule has 5 heteroatoms. The van der Waals surface area contributed by atoms with E-state index in [0.29, 0.717) is 16.6 Å². The molecule has 0 radical (unpaired) electrons. The number of alkyl halides is 1. The first-order chi connectivity index (χ1) is 9.10. The largest absolute Gasteiger partial charge is 0.487 e. The fourth-order valence-electron chi connectivity index (χ4n) is 1.63. The Kier molecular flexibility index (Phi) is 4.93. The molecule has 2 rings (SSSR count). The van der Waals surface area contributed by atoms with Crippen LogP contribution in [-0.2, 0) is 11.9 Å². The summed E-state index contributed by atoms with van der Waals surface area (Å²) in [7, 11) is 0. The molecule has 0 aliphatic carbocycles. The minimum absolute atomic E-state index is 0.177. The molecule has 2 aromatic rings. The molecule has 0 atom stereocenters. The van der Waals surface area contributed by atoms with Crippen LogP contribution in [0.2, 0.25) is 0 Å². The van der Waals surface area contributed by atoms with Crippen LogP contribution in [0.5, 0.6) is 5.75 Å². The summed E-state index contributed by atoms with van der Waals surface area (Å²) in [5.74, 6) is 0.394. The van der Waals surface area contributed by atoms with Gasteiger partial charge in [0.05, 0.1) is 5.69 Å². The van der Waals surface area contributed by atoms with Crippen molar-refractivity contribution in [3.05, 3.63) is 57.6 Å². The van der Waals surface area contributed by atoms with Crippen molar-refractivity contribution < 1.29 is 9.13 Å². The highest BCUT2D eigenvalue weighted by molar-refractivity contribution is 9.10. The van der Waals surface area contributed by atoms with Crippen LogP contribution in [0, 0.1) is 12.7 Å². The smallest absolute Gasteiger partial charge is 0.142 e. The van der Waals surface area contributed by atoms with E-state index in [-0.39, 0.29) is 12.4 Å². The highest BCUT2D eigenvalue weighted by Gasteiger charge is 2.08. The van der Waals surface area contributed by atoms with Crippen molar-refractivity contribution in [2.45, 2.75) is 18.9 Å². The van der Waals surface area contributed by atoms with Crippen molar-refractivity contribution >= 4 is 31.9 Å². The normalized spacial score (nSPS) is 10.5. The molecule has 0 saturated carbocycles. The minimum atomic E-state index is -0.274. The Morgan fingerprint density at radius 1 is 1.26 bits per heavy atom. The van der Waals surface area contributed by atoms with Gasteiger partial charge in [-0.15, -0.1) is 0 Å². The Morgan fingerprint density at radius 3 is 2.79 bits per heavy atom. The third-order valence-corrected chi connectivity index (χ3v) is 3.61. The molecule has 0 bridgehead atoms. The van der Waals surface area contributed by atoms with Crippen molar-refractivity contribution in [2.24, 2.45) is 0 Å². The molecule has 0 unspecified atom stereocenters. The summed E-state index contributed by atoms with van der Waals surface area (Å²) in [5.41, 5.74) is 2.25. The zero-order valence-electron chi connectivity index (χ0n) is 10.3. The molecule has 2 nitrogen and oxygen atoms in total. The second-order valence-electron chi connectivity index (χ2n) is 4.06. The fourth-order valence-corrected chi connectivity index (χ4v) is 2.44. The summed E-state index contributed by atoms with van der Waals surface area (Å²) in [6.07, 6.45) is 0. The van der Waals surface area contributed by atoms with Gasteiger partial charge in [-0.2, -0.15) is 0 Å². The Labute approximate surface area is 128 Å². The van der Waals surface area contributed by atoms with E-state index in [1.165, 1.54) is 6.07 Å². The Bertz CT molecular complexity index is 590. The second-order valence-corrected chi connectivity index (χ2v) is 5.53. The number of benzene rings is 1. The molecule has 1 heterocycles. The third-order valence-electron chi connectivity index (χ3n) is 2.59. The SMILES string of the molecule is Cc1ccc(OCc2cc(Br)ccc2F)c(CBr)n1. The number of pyridine rings is 1. The average molecular weight is 389 g/mol. The number of ether oxygens (including phenoxy) is 1. The van der Waals surface area contributed by atoms with Crippen LogP contribution >= 0.6 is 31.9 Å². The first-order valence-corrected chi connectivity index (χ1v) is 7.61. The second kappa shape index (κ2) is 6.48. The van der Waals surface area contributed by atoms with Gasteiger partial charge < -0.3 is 4.74 Å². The first kappa shape index (κ1) is 14.5. The quantitative estimate of drug-likeness (QED) is 0.704. The third kappa shape index (κ3) is 3.76. The highest BCUT2D eigenvalue weighted by atomic mass is 79.9. The molecule has 0 amide bonds. The van der Waals surface area contributed by atoms with Crippen LogP contribution in [0.1, 0.15) is 17.0 Å². The van der Waals surface area contributed by atoms with E-state index in [0.717, 1.165) is 15.9 Å². The van der Waals surface area contributed by atoms with Gasteiger partial charge in [0, 0.05) is 21.1 Å². The Hall–Kier alpha value is -0.940. The lowest BCUT2D eigenvalue weighted by Gasteiger charge is -2.11. The molecule has 0 aliphatic rings. The predicted octanol–water partition coefficient (Wildman–Crippen LogP) is 4.77.